The summed E-state index contributed by atoms with van der Waals surface area (Å²) in [6, 6.07) is 20.6. The molecule has 4 aromatic rings. The highest BCUT2D eigenvalue weighted by molar-refractivity contribution is 6.22. The number of aromatic nitrogens is 1. The molecule has 5 rings (SSSR count). The van der Waals surface area contributed by atoms with Crippen LogP contribution in [0.25, 0.3) is 10.9 Å². The van der Waals surface area contributed by atoms with Gasteiger partial charge in [0.25, 0.3) is 0 Å². The first kappa shape index (κ1) is 24.3. The standard InChI is InChI=1S/C29H28N4O4/c1-32(2)17-25(34)33-14-13-19-15-21(10-12-24(19)33)30-27(18-7-5-4-6-8-18)26-22-11-9-20(29(36)37-3)16-23(22)31-28(26)35/h4-12,15-16,31,35H,13-14,17H2,1-3H3. The highest BCUT2D eigenvalue weighted by Gasteiger charge is 2.25. The van der Waals surface area contributed by atoms with Crippen LogP contribution in [0.15, 0.2) is 71.7 Å². The number of rotatable bonds is 6. The molecule has 2 N–H and O–H groups in total. The van der Waals surface area contributed by atoms with Crippen molar-refractivity contribution in [2.45, 2.75) is 6.42 Å². The minimum atomic E-state index is -0.453. The molecule has 188 valence electrons. The van der Waals surface area contributed by atoms with E-state index in [0.29, 0.717) is 35.4 Å². The number of aliphatic imine (C=N–C) groups is 1. The van der Waals surface area contributed by atoms with Gasteiger partial charge in [0.1, 0.15) is 0 Å². The van der Waals surface area contributed by atoms with E-state index in [0.717, 1.165) is 34.3 Å². The van der Waals surface area contributed by atoms with Crippen LogP contribution in [0.5, 0.6) is 5.88 Å². The maximum Gasteiger partial charge on any atom is 0.337 e. The number of methoxy groups -OCH3 is 1. The molecule has 37 heavy (non-hydrogen) atoms. The molecule has 0 saturated carbocycles. The van der Waals surface area contributed by atoms with Crippen molar-refractivity contribution in [3.63, 3.8) is 0 Å². The average molecular weight is 497 g/mol. The van der Waals surface area contributed by atoms with Crippen LogP contribution in [-0.4, -0.2) is 66.9 Å². The Morgan fingerprint density at radius 2 is 1.84 bits per heavy atom. The monoisotopic (exact) mass is 496 g/mol. The lowest BCUT2D eigenvalue weighted by Crippen LogP contribution is -2.36. The number of carbonyl (C=O) groups excluding carboxylic acids is 2. The third-order valence-electron chi connectivity index (χ3n) is 6.44. The fourth-order valence-corrected chi connectivity index (χ4v) is 4.73. The lowest BCUT2D eigenvalue weighted by Gasteiger charge is -2.19. The molecule has 8 nitrogen and oxygen atoms in total. The number of nitrogens with one attached hydrogen (secondary N) is 1. The summed E-state index contributed by atoms with van der Waals surface area (Å²) in [5, 5.41) is 11.7. The molecule has 1 aliphatic rings. The number of hydrogen-bond acceptors (Lipinski definition) is 6. The van der Waals surface area contributed by atoms with E-state index in [4.69, 9.17) is 9.73 Å². The lowest BCUT2D eigenvalue weighted by molar-refractivity contribution is -0.119. The molecule has 0 aliphatic carbocycles. The summed E-state index contributed by atoms with van der Waals surface area (Å²) in [5.74, 6) is -0.424. The van der Waals surface area contributed by atoms with E-state index >= 15 is 0 Å². The Bertz CT molecular complexity index is 1520. The maximum absolute atomic E-state index is 12.7. The van der Waals surface area contributed by atoms with Crippen molar-refractivity contribution in [1.82, 2.24) is 9.88 Å². The molecular formula is C29H28N4O4. The fraction of sp³-hybridized carbons (Fsp3) is 0.207. The molecule has 0 radical (unpaired) electrons. The molecule has 0 atom stereocenters. The normalized spacial score (nSPS) is 13.3. The molecule has 1 aliphatic heterocycles. The van der Waals surface area contributed by atoms with Crippen molar-refractivity contribution < 1.29 is 19.4 Å². The van der Waals surface area contributed by atoms with E-state index < -0.39 is 5.97 Å². The Balaban J connectivity index is 1.59. The summed E-state index contributed by atoms with van der Waals surface area (Å²) in [7, 11) is 5.10. The number of amides is 1. The second-order valence-electron chi connectivity index (χ2n) is 9.27. The molecule has 0 bridgehead atoms. The maximum atomic E-state index is 12.7. The molecule has 3 aromatic carbocycles. The summed E-state index contributed by atoms with van der Waals surface area (Å²) in [6.07, 6.45) is 0.757. The summed E-state index contributed by atoms with van der Waals surface area (Å²) in [6.45, 7) is 1.00. The fourth-order valence-electron chi connectivity index (χ4n) is 4.73. The van der Waals surface area contributed by atoms with Crippen molar-refractivity contribution in [2.75, 3.05) is 39.2 Å². The number of carbonyl (C=O) groups is 2. The van der Waals surface area contributed by atoms with Gasteiger partial charge in [0.2, 0.25) is 5.91 Å². The van der Waals surface area contributed by atoms with E-state index in [9.17, 15) is 14.7 Å². The van der Waals surface area contributed by atoms with Gasteiger partial charge in [-0.05, 0) is 56.4 Å². The number of fused-ring (bicyclic) bond motifs is 2. The molecule has 1 aromatic heterocycles. The van der Waals surface area contributed by atoms with E-state index in [1.54, 1.807) is 18.2 Å². The van der Waals surface area contributed by atoms with Crippen LogP contribution in [0.4, 0.5) is 11.4 Å². The third-order valence-corrected chi connectivity index (χ3v) is 6.44. The van der Waals surface area contributed by atoms with E-state index in [2.05, 4.69) is 4.98 Å². The van der Waals surface area contributed by atoms with Crippen molar-refractivity contribution >= 4 is 39.9 Å². The Hall–Kier alpha value is -4.43. The first-order valence-corrected chi connectivity index (χ1v) is 12.0. The summed E-state index contributed by atoms with van der Waals surface area (Å²) >= 11 is 0. The van der Waals surface area contributed by atoms with Crippen LogP contribution in [0, 0.1) is 0 Å². The van der Waals surface area contributed by atoms with Gasteiger partial charge in [-0.15, -0.1) is 0 Å². The smallest absolute Gasteiger partial charge is 0.337 e. The van der Waals surface area contributed by atoms with Crippen molar-refractivity contribution in [2.24, 2.45) is 4.99 Å². The lowest BCUT2D eigenvalue weighted by atomic mass is 10.00. The molecule has 0 saturated heterocycles. The molecule has 2 heterocycles. The van der Waals surface area contributed by atoms with Crippen LogP contribution >= 0.6 is 0 Å². The van der Waals surface area contributed by atoms with Gasteiger partial charge in [-0.3, -0.25) is 4.79 Å². The number of nitrogens with zero attached hydrogens (tertiary/aromatic N) is 3. The van der Waals surface area contributed by atoms with Crippen LogP contribution in [0.2, 0.25) is 0 Å². The molecule has 0 unspecified atom stereocenters. The number of aromatic hydroxyl groups is 1. The third kappa shape index (κ3) is 4.71. The SMILES string of the molecule is COC(=O)c1ccc2c(C(=Nc3ccc4c(c3)CCN4C(=O)CN(C)C)c3ccccc3)c(O)[nH]c2c1. The quantitative estimate of drug-likeness (QED) is 0.307. The zero-order valence-corrected chi connectivity index (χ0v) is 21.0. The number of hydrogen-bond donors (Lipinski definition) is 2. The van der Waals surface area contributed by atoms with Crippen LogP contribution in [-0.2, 0) is 16.0 Å². The largest absolute Gasteiger partial charge is 0.494 e. The van der Waals surface area contributed by atoms with Gasteiger partial charge < -0.3 is 24.6 Å². The number of likely N-dealkylation sites (N-methyl/N-ethyl adjacent to an activating group) is 1. The molecule has 0 spiro atoms. The topological polar surface area (TPSA) is 98.2 Å². The second-order valence-corrected chi connectivity index (χ2v) is 9.27. The first-order valence-electron chi connectivity index (χ1n) is 12.0. The Labute approximate surface area is 214 Å². The highest BCUT2D eigenvalue weighted by Crippen LogP contribution is 2.35. The molecular weight excluding hydrogens is 468 g/mol. The van der Waals surface area contributed by atoms with Gasteiger partial charge >= 0.3 is 5.97 Å². The second kappa shape index (κ2) is 9.91. The predicted octanol–water partition coefficient (Wildman–Crippen LogP) is 4.28. The van der Waals surface area contributed by atoms with E-state index in [1.807, 2.05) is 72.4 Å². The van der Waals surface area contributed by atoms with Gasteiger partial charge in [0.05, 0.1) is 36.2 Å². The van der Waals surface area contributed by atoms with Gasteiger partial charge in [-0.1, -0.05) is 36.4 Å². The minimum absolute atomic E-state index is 0.0405. The number of benzene rings is 3. The van der Waals surface area contributed by atoms with Crippen molar-refractivity contribution in [3.8, 4) is 5.88 Å². The van der Waals surface area contributed by atoms with E-state index in [1.165, 1.54) is 7.11 Å². The van der Waals surface area contributed by atoms with Crippen molar-refractivity contribution in [1.29, 1.82) is 0 Å². The van der Waals surface area contributed by atoms with Gasteiger partial charge in [-0.2, -0.15) is 0 Å². The molecule has 1 amide bonds. The number of aromatic amines is 1. The predicted molar refractivity (Wildman–Crippen MR) is 144 cm³/mol. The Kier molecular flexibility index (Phi) is 6.50. The average Bonchev–Trinajstić information content (AvgIpc) is 3.46. The minimum Gasteiger partial charge on any atom is -0.494 e. The van der Waals surface area contributed by atoms with Crippen LogP contribution in [0.1, 0.15) is 27.0 Å². The number of anilines is 1. The number of ether oxygens (including phenoxy) is 1. The zero-order chi connectivity index (χ0) is 26.1. The summed E-state index contributed by atoms with van der Waals surface area (Å²) < 4.78 is 4.83. The number of H-pyrrole nitrogens is 1. The highest BCUT2D eigenvalue weighted by atomic mass is 16.5. The Morgan fingerprint density at radius 1 is 1.05 bits per heavy atom. The van der Waals surface area contributed by atoms with Gasteiger partial charge in [-0.25, -0.2) is 9.79 Å². The first-order chi connectivity index (χ1) is 17.9. The van der Waals surface area contributed by atoms with Gasteiger partial charge in [0.15, 0.2) is 5.88 Å². The van der Waals surface area contributed by atoms with Crippen molar-refractivity contribution in [3.05, 3.63) is 89.0 Å². The summed E-state index contributed by atoms with van der Waals surface area (Å²) in [5.41, 5.74) is 5.65. The number of esters is 1. The van der Waals surface area contributed by atoms with Gasteiger partial charge in [0, 0.05) is 28.7 Å². The summed E-state index contributed by atoms with van der Waals surface area (Å²) in [4.78, 5) is 36.3. The molecule has 8 heteroatoms. The van der Waals surface area contributed by atoms with Crippen LogP contribution in [0.3, 0.4) is 0 Å². The molecule has 0 fully saturated rings. The Morgan fingerprint density at radius 3 is 2.57 bits per heavy atom. The zero-order valence-electron chi connectivity index (χ0n) is 21.0. The van der Waals surface area contributed by atoms with Crippen LogP contribution < -0.4 is 4.90 Å². The van der Waals surface area contributed by atoms with E-state index in [-0.39, 0.29) is 11.8 Å².